The standard InChI is InChI=1S/C6H5IN2/c1-2-5-4-7-9-6(5)8-3-1/h1-4H,(H,8,9). The zero-order valence-corrected chi connectivity index (χ0v) is 6.79. The average Bonchev–Trinajstić information content (AvgIpc) is 2.33. The van der Waals surface area contributed by atoms with Crippen LogP contribution in [0.15, 0.2) is 18.3 Å². The van der Waals surface area contributed by atoms with Crippen molar-refractivity contribution < 1.29 is 0 Å². The van der Waals surface area contributed by atoms with Crippen molar-refractivity contribution in [1.82, 2.24) is 4.98 Å². The molecule has 2 heterocycles. The van der Waals surface area contributed by atoms with Gasteiger partial charge in [-0.1, -0.05) is 0 Å². The van der Waals surface area contributed by atoms with Crippen molar-refractivity contribution >= 4 is 30.8 Å². The van der Waals surface area contributed by atoms with Gasteiger partial charge in [-0.25, -0.2) is 4.98 Å². The van der Waals surface area contributed by atoms with Crippen LogP contribution in [-0.4, -0.2) is 9.00 Å². The fourth-order valence-electron chi connectivity index (χ4n) is 0.722. The number of fused-ring (bicyclic) bond motifs is 1. The SMILES string of the molecule is C1=INc2ncccc21. The van der Waals surface area contributed by atoms with Gasteiger partial charge in [0.2, 0.25) is 0 Å². The van der Waals surface area contributed by atoms with E-state index in [4.69, 9.17) is 0 Å². The molecule has 0 unspecified atom stereocenters. The van der Waals surface area contributed by atoms with Crippen molar-refractivity contribution in [3.05, 3.63) is 23.9 Å². The molecule has 3 heteroatoms. The highest BCUT2D eigenvalue weighted by Gasteiger charge is 2.01. The predicted octanol–water partition coefficient (Wildman–Crippen LogP) is 1.54. The minimum atomic E-state index is 0.0750. The fourth-order valence-corrected chi connectivity index (χ4v) is 2.46. The van der Waals surface area contributed by atoms with Gasteiger partial charge in [0.15, 0.2) is 0 Å². The zero-order chi connectivity index (χ0) is 6.10. The molecule has 0 atom stereocenters. The normalized spacial score (nSPS) is 13.8. The van der Waals surface area contributed by atoms with Gasteiger partial charge in [-0.15, -0.1) is 0 Å². The lowest BCUT2D eigenvalue weighted by Gasteiger charge is -1.92. The van der Waals surface area contributed by atoms with E-state index >= 15 is 0 Å². The van der Waals surface area contributed by atoms with Gasteiger partial charge in [0.1, 0.15) is 5.82 Å². The number of nitrogens with zero attached hydrogens (tertiary/aromatic N) is 1. The molecule has 9 heavy (non-hydrogen) atoms. The first-order valence-electron chi connectivity index (χ1n) is 2.63. The number of hydrogen-bond donors (Lipinski definition) is 1. The average molecular weight is 232 g/mol. The molecule has 46 valence electrons. The summed E-state index contributed by atoms with van der Waals surface area (Å²) in [5.41, 5.74) is 1.27. The van der Waals surface area contributed by atoms with E-state index in [1.165, 1.54) is 5.56 Å². The smallest absolute Gasteiger partial charge is 0.142 e. The molecule has 1 aromatic rings. The molecule has 0 aliphatic carbocycles. The number of halogens is 1. The minimum absolute atomic E-state index is 0.0750. The second kappa shape index (κ2) is 2.06. The van der Waals surface area contributed by atoms with Crippen LogP contribution in [0.1, 0.15) is 5.56 Å². The van der Waals surface area contributed by atoms with Crippen LogP contribution in [0.3, 0.4) is 0 Å². The minimum Gasteiger partial charge on any atom is -0.318 e. The zero-order valence-electron chi connectivity index (χ0n) is 4.63. The van der Waals surface area contributed by atoms with Crippen molar-refractivity contribution in [2.45, 2.75) is 0 Å². The van der Waals surface area contributed by atoms with E-state index in [1.807, 2.05) is 12.3 Å². The molecule has 1 aromatic heterocycles. The molecular weight excluding hydrogens is 227 g/mol. The number of anilines is 1. The maximum atomic E-state index is 4.14. The van der Waals surface area contributed by atoms with Gasteiger partial charge in [0.05, 0.1) is 0 Å². The molecule has 1 aliphatic rings. The quantitative estimate of drug-likeness (QED) is 0.542. The van der Waals surface area contributed by atoms with Crippen LogP contribution in [0, 0.1) is 0 Å². The van der Waals surface area contributed by atoms with E-state index in [1.54, 1.807) is 0 Å². The molecule has 0 radical (unpaired) electrons. The molecule has 0 aromatic carbocycles. The lowest BCUT2D eigenvalue weighted by Crippen LogP contribution is -1.83. The van der Waals surface area contributed by atoms with Gasteiger partial charge in [0.25, 0.3) is 0 Å². The molecule has 1 aliphatic heterocycles. The number of nitrogens with one attached hydrogen (secondary N) is 1. The van der Waals surface area contributed by atoms with E-state index < -0.39 is 0 Å². The second-order valence-electron chi connectivity index (χ2n) is 1.75. The largest absolute Gasteiger partial charge is 0.318 e. The van der Waals surface area contributed by atoms with Gasteiger partial charge >= 0.3 is 0 Å². The van der Waals surface area contributed by atoms with Gasteiger partial charge in [-0.05, 0) is 37.1 Å². The summed E-state index contributed by atoms with van der Waals surface area (Å²) in [5.74, 6) is 1.06. The summed E-state index contributed by atoms with van der Waals surface area (Å²) in [6.07, 6.45) is 1.81. The molecular formula is C6H5IN2. The molecule has 0 bridgehead atoms. The van der Waals surface area contributed by atoms with Crippen molar-refractivity contribution in [2.24, 2.45) is 0 Å². The second-order valence-corrected chi connectivity index (χ2v) is 3.54. The van der Waals surface area contributed by atoms with Crippen LogP contribution in [0.25, 0.3) is 0 Å². The highest BCUT2D eigenvalue weighted by atomic mass is 127. The Morgan fingerprint density at radius 2 is 2.56 bits per heavy atom. The van der Waals surface area contributed by atoms with Gasteiger partial charge in [-0.2, -0.15) is 0 Å². The molecule has 1 N–H and O–H groups in total. The highest BCUT2D eigenvalue weighted by Crippen LogP contribution is 2.20. The first-order chi connectivity index (χ1) is 4.47. The molecule has 0 saturated carbocycles. The van der Waals surface area contributed by atoms with E-state index in [-0.39, 0.29) is 21.0 Å². The van der Waals surface area contributed by atoms with Crippen molar-refractivity contribution in [3.63, 3.8) is 0 Å². The summed E-state index contributed by atoms with van der Waals surface area (Å²) in [7, 11) is 0. The Morgan fingerprint density at radius 1 is 1.56 bits per heavy atom. The number of hydrogen-bond acceptors (Lipinski definition) is 2. The summed E-state index contributed by atoms with van der Waals surface area (Å²) in [5, 5.41) is 0. The fraction of sp³-hybridized carbons (Fsp3) is 0. The molecule has 0 fully saturated rings. The van der Waals surface area contributed by atoms with Gasteiger partial charge < -0.3 is 3.53 Å². The third kappa shape index (κ3) is 0.849. The third-order valence-electron chi connectivity index (χ3n) is 1.16. The predicted molar refractivity (Wildman–Crippen MR) is 47.0 cm³/mol. The van der Waals surface area contributed by atoms with Crippen LogP contribution in [-0.2, 0) is 0 Å². The Labute approximate surface area is 63.4 Å². The Kier molecular flexibility index (Phi) is 1.22. The van der Waals surface area contributed by atoms with Crippen LogP contribution in [0.4, 0.5) is 5.82 Å². The van der Waals surface area contributed by atoms with Crippen LogP contribution < -0.4 is 3.53 Å². The molecule has 2 nitrogen and oxygen atoms in total. The highest BCUT2D eigenvalue weighted by molar-refractivity contribution is 14.2. The molecule has 2 rings (SSSR count). The monoisotopic (exact) mass is 232 g/mol. The Balaban J connectivity index is 2.63. The number of pyridine rings is 1. The summed E-state index contributed by atoms with van der Waals surface area (Å²) >= 11 is 0.0750. The van der Waals surface area contributed by atoms with E-state index in [0.29, 0.717) is 0 Å². The number of rotatable bonds is 0. The summed E-state index contributed by atoms with van der Waals surface area (Å²) in [6, 6.07) is 4.05. The van der Waals surface area contributed by atoms with Gasteiger partial charge in [-0.3, -0.25) is 0 Å². The molecule has 0 amide bonds. The van der Waals surface area contributed by atoms with Gasteiger partial charge in [0, 0.05) is 11.8 Å². The van der Waals surface area contributed by atoms with Crippen molar-refractivity contribution in [3.8, 4) is 0 Å². The maximum absolute atomic E-state index is 4.14. The van der Waals surface area contributed by atoms with Crippen LogP contribution in [0.5, 0.6) is 0 Å². The Bertz CT molecular complexity index is 257. The summed E-state index contributed by atoms with van der Waals surface area (Å²) in [4.78, 5) is 4.14. The van der Waals surface area contributed by atoms with Crippen LogP contribution in [0.2, 0.25) is 0 Å². The van der Waals surface area contributed by atoms with Crippen molar-refractivity contribution in [1.29, 1.82) is 0 Å². The maximum Gasteiger partial charge on any atom is 0.142 e. The van der Waals surface area contributed by atoms with Crippen LogP contribution >= 0.6 is 21.0 Å². The Hall–Kier alpha value is -0.450. The molecule has 0 spiro atoms. The van der Waals surface area contributed by atoms with Crippen molar-refractivity contribution in [2.75, 3.05) is 3.53 Å². The Morgan fingerprint density at radius 3 is 3.44 bits per heavy atom. The first-order valence-corrected chi connectivity index (χ1v) is 4.96. The summed E-state index contributed by atoms with van der Waals surface area (Å²) in [6.45, 7) is 0. The number of aromatic nitrogens is 1. The summed E-state index contributed by atoms with van der Waals surface area (Å²) < 4.78 is 5.48. The lowest BCUT2D eigenvalue weighted by molar-refractivity contribution is 1.34. The first kappa shape index (κ1) is 5.34. The van der Waals surface area contributed by atoms with E-state index in [0.717, 1.165) is 5.82 Å². The van der Waals surface area contributed by atoms with E-state index in [2.05, 4.69) is 18.6 Å². The third-order valence-corrected chi connectivity index (χ3v) is 2.96. The topological polar surface area (TPSA) is 24.9 Å². The van der Waals surface area contributed by atoms with E-state index in [9.17, 15) is 0 Å². The molecule has 0 saturated heterocycles. The lowest BCUT2D eigenvalue weighted by atomic mass is 10.3.